The highest BCUT2D eigenvalue weighted by atomic mass is 32.2. The maximum Gasteiger partial charge on any atom is 0.321 e. The number of sulfonamides is 1. The van der Waals surface area contributed by atoms with Gasteiger partial charge in [-0.3, -0.25) is 9.69 Å². The summed E-state index contributed by atoms with van der Waals surface area (Å²) in [5, 5.41) is 5.59. The predicted molar refractivity (Wildman–Crippen MR) is 127 cm³/mol. The Morgan fingerprint density at radius 2 is 1.76 bits per heavy atom. The number of fused-ring (bicyclic) bond motifs is 1. The minimum absolute atomic E-state index is 0.108. The lowest BCUT2D eigenvalue weighted by atomic mass is 10.2. The van der Waals surface area contributed by atoms with Crippen LogP contribution in [0, 0.1) is 0 Å². The molecule has 0 spiro atoms. The van der Waals surface area contributed by atoms with Crippen molar-refractivity contribution in [1.82, 2.24) is 10.0 Å². The summed E-state index contributed by atoms with van der Waals surface area (Å²) in [6.45, 7) is 2.36. The summed E-state index contributed by atoms with van der Waals surface area (Å²) in [5.74, 6) is 0.859. The SMILES string of the molecule is O=C(CCCCCNS(=O)(=O)c1ccc2c(c1)OCCO2)Nc1ccc(N2CCNC2=O)cc1. The smallest absolute Gasteiger partial charge is 0.321 e. The molecule has 4 rings (SSSR count). The molecule has 2 aromatic carbocycles. The van der Waals surface area contributed by atoms with Crippen LogP contribution in [0.15, 0.2) is 47.4 Å². The number of hydrogen-bond acceptors (Lipinski definition) is 6. The first kappa shape index (κ1) is 23.8. The molecule has 0 atom stereocenters. The molecule has 2 heterocycles. The number of carbonyl (C=O) groups is 2. The van der Waals surface area contributed by atoms with E-state index in [-0.39, 0.29) is 23.4 Å². The third-order valence-electron chi connectivity index (χ3n) is 5.52. The van der Waals surface area contributed by atoms with Crippen molar-refractivity contribution in [3.05, 3.63) is 42.5 Å². The normalized spacial score (nSPS) is 15.2. The van der Waals surface area contributed by atoms with Crippen molar-refractivity contribution in [3.8, 4) is 11.5 Å². The lowest BCUT2D eigenvalue weighted by Crippen LogP contribution is -2.27. The van der Waals surface area contributed by atoms with E-state index in [0.29, 0.717) is 69.2 Å². The van der Waals surface area contributed by atoms with Crippen molar-refractivity contribution in [3.63, 3.8) is 0 Å². The zero-order chi connectivity index (χ0) is 24.0. The third-order valence-corrected chi connectivity index (χ3v) is 6.97. The highest BCUT2D eigenvalue weighted by Gasteiger charge is 2.21. The van der Waals surface area contributed by atoms with Gasteiger partial charge in [0.15, 0.2) is 11.5 Å². The van der Waals surface area contributed by atoms with E-state index in [1.54, 1.807) is 35.2 Å². The van der Waals surface area contributed by atoms with Gasteiger partial charge in [-0.2, -0.15) is 0 Å². The van der Waals surface area contributed by atoms with Gasteiger partial charge in [0.05, 0.1) is 4.90 Å². The molecule has 0 saturated carbocycles. The van der Waals surface area contributed by atoms with Crippen molar-refractivity contribution in [2.75, 3.05) is 43.1 Å². The van der Waals surface area contributed by atoms with E-state index in [2.05, 4.69) is 15.4 Å². The van der Waals surface area contributed by atoms with Crippen LogP contribution in [0.2, 0.25) is 0 Å². The molecule has 0 radical (unpaired) electrons. The second-order valence-corrected chi connectivity index (χ2v) is 9.76. The molecule has 34 heavy (non-hydrogen) atoms. The number of ether oxygens (including phenoxy) is 2. The number of nitrogens with zero attached hydrogens (tertiary/aromatic N) is 1. The second kappa shape index (κ2) is 10.7. The van der Waals surface area contributed by atoms with Crippen molar-refractivity contribution in [1.29, 1.82) is 0 Å². The Morgan fingerprint density at radius 1 is 1.00 bits per heavy atom. The summed E-state index contributed by atoms with van der Waals surface area (Å²) >= 11 is 0. The van der Waals surface area contributed by atoms with E-state index in [4.69, 9.17) is 9.47 Å². The number of urea groups is 1. The van der Waals surface area contributed by atoms with Crippen LogP contribution in [-0.2, 0) is 14.8 Å². The Morgan fingerprint density at radius 3 is 2.50 bits per heavy atom. The van der Waals surface area contributed by atoms with E-state index >= 15 is 0 Å². The Bertz CT molecular complexity index is 1140. The molecule has 10 nitrogen and oxygen atoms in total. The summed E-state index contributed by atoms with van der Waals surface area (Å²) in [5.41, 5.74) is 1.45. The molecule has 0 bridgehead atoms. The van der Waals surface area contributed by atoms with Crippen molar-refractivity contribution in [2.24, 2.45) is 0 Å². The number of rotatable bonds is 10. The lowest BCUT2D eigenvalue weighted by molar-refractivity contribution is -0.116. The van der Waals surface area contributed by atoms with Crippen LogP contribution >= 0.6 is 0 Å². The van der Waals surface area contributed by atoms with Gasteiger partial charge >= 0.3 is 6.03 Å². The molecule has 2 aliphatic heterocycles. The van der Waals surface area contributed by atoms with E-state index in [0.717, 1.165) is 5.69 Å². The Balaban J connectivity index is 1.14. The Labute approximate surface area is 198 Å². The van der Waals surface area contributed by atoms with Gasteiger partial charge in [0.25, 0.3) is 0 Å². The number of unbranched alkanes of at least 4 members (excludes halogenated alkanes) is 2. The van der Waals surface area contributed by atoms with Crippen LogP contribution in [0.4, 0.5) is 16.2 Å². The molecule has 11 heteroatoms. The van der Waals surface area contributed by atoms with Crippen LogP contribution in [0.3, 0.4) is 0 Å². The first-order chi connectivity index (χ1) is 16.4. The van der Waals surface area contributed by atoms with Gasteiger partial charge in [-0.15, -0.1) is 0 Å². The summed E-state index contributed by atoms with van der Waals surface area (Å²) in [6, 6.07) is 11.6. The second-order valence-electron chi connectivity index (χ2n) is 7.99. The number of hydrogen-bond donors (Lipinski definition) is 3. The molecular formula is C23H28N4O6S. The molecular weight excluding hydrogens is 460 g/mol. The fourth-order valence-corrected chi connectivity index (χ4v) is 4.82. The van der Waals surface area contributed by atoms with Gasteiger partial charge in [-0.05, 0) is 49.2 Å². The third kappa shape index (κ3) is 5.97. The number of benzene rings is 2. The first-order valence-electron chi connectivity index (χ1n) is 11.3. The standard InChI is InChI=1S/C23H28N4O6S/c28-22(26-17-5-7-18(8-6-17)27-13-12-24-23(27)29)4-2-1-3-11-25-34(30,31)19-9-10-20-21(16-19)33-15-14-32-20/h5-10,16,25H,1-4,11-15H2,(H,24,29)(H,26,28). The van der Waals surface area contributed by atoms with Crippen LogP contribution in [-0.4, -0.2) is 53.2 Å². The van der Waals surface area contributed by atoms with Crippen molar-refractivity contribution in [2.45, 2.75) is 30.6 Å². The Hall–Kier alpha value is -3.31. The molecule has 3 amide bonds. The minimum atomic E-state index is -3.64. The molecule has 2 aliphatic rings. The summed E-state index contributed by atoms with van der Waals surface area (Å²) in [7, 11) is -3.64. The largest absolute Gasteiger partial charge is 0.486 e. The van der Waals surface area contributed by atoms with Crippen LogP contribution in [0.25, 0.3) is 0 Å². The van der Waals surface area contributed by atoms with Gasteiger partial charge in [0.1, 0.15) is 13.2 Å². The quantitative estimate of drug-likeness (QED) is 0.441. The fraction of sp³-hybridized carbons (Fsp3) is 0.391. The van der Waals surface area contributed by atoms with Crippen LogP contribution in [0.1, 0.15) is 25.7 Å². The highest BCUT2D eigenvalue weighted by molar-refractivity contribution is 7.89. The van der Waals surface area contributed by atoms with Gasteiger partial charge in [-0.25, -0.2) is 17.9 Å². The lowest BCUT2D eigenvalue weighted by Gasteiger charge is -2.18. The van der Waals surface area contributed by atoms with Gasteiger partial charge < -0.3 is 20.1 Å². The van der Waals surface area contributed by atoms with Crippen LogP contribution < -0.4 is 29.7 Å². The van der Waals surface area contributed by atoms with Crippen molar-refractivity contribution < 1.29 is 27.5 Å². The molecule has 3 N–H and O–H groups in total. The van der Waals surface area contributed by atoms with Gasteiger partial charge in [-0.1, -0.05) is 6.42 Å². The predicted octanol–water partition coefficient (Wildman–Crippen LogP) is 2.46. The average molecular weight is 489 g/mol. The van der Waals surface area contributed by atoms with Crippen molar-refractivity contribution >= 4 is 33.3 Å². The monoisotopic (exact) mass is 488 g/mol. The van der Waals surface area contributed by atoms with E-state index in [1.165, 1.54) is 12.1 Å². The molecule has 1 saturated heterocycles. The molecule has 0 aromatic heterocycles. The topological polar surface area (TPSA) is 126 Å². The number of anilines is 2. The zero-order valence-electron chi connectivity index (χ0n) is 18.7. The maximum absolute atomic E-state index is 12.5. The Kier molecular flexibility index (Phi) is 7.53. The zero-order valence-corrected chi connectivity index (χ0v) is 19.5. The molecule has 0 unspecified atom stereocenters. The number of nitrogens with one attached hydrogen (secondary N) is 3. The summed E-state index contributed by atoms with van der Waals surface area (Å²) < 4.78 is 38.4. The number of amides is 3. The first-order valence-corrected chi connectivity index (χ1v) is 12.8. The molecule has 182 valence electrons. The van der Waals surface area contributed by atoms with E-state index in [9.17, 15) is 18.0 Å². The van der Waals surface area contributed by atoms with Crippen LogP contribution in [0.5, 0.6) is 11.5 Å². The van der Waals surface area contributed by atoms with E-state index in [1.807, 2.05) is 0 Å². The molecule has 1 fully saturated rings. The van der Waals surface area contributed by atoms with E-state index < -0.39 is 10.0 Å². The van der Waals surface area contributed by atoms with Gasteiger partial charge in [0.2, 0.25) is 15.9 Å². The summed E-state index contributed by atoms with van der Waals surface area (Å²) in [6.07, 6.45) is 2.30. The molecule has 0 aliphatic carbocycles. The summed E-state index contributed by atoms with van der Waals surface area (Å²) in [4.78, 5) is 25.7. The highest BCUT2D eigenvalue weighted by Crippen LogP contribution is 2.32. The maximum atomic E-state index is 12.5. The fourth-order valence-electron chi connectivity index (χ4n) is 3.73. The van der Waals surface area contributed by atoms with Gasteiger partial charge in [0, 0.05) is 43.5 Å². The minimum Gasteiger partial charge on any atom is -0.486 e. The molecule has 2 aromatic rings. The average Bonchev–Trinajstić information content (AvgIpc) is 3.27. The number of carbonyl (C=O) groups excluding carboxylic acids is 2.